The highest BCUT2D eigenvalue weighted by Crippen LogP contribution is 2.34. The van der Waals surface area contributed by atoms with E-state index in [1.807, 2.05) is 0 Å². The molecule has 0 aromatic rings. The van der Waals surface area contributed by atoms with Crippen LogP contribution in [0.5, 0.6) is 0 Å². The fourth-order valence-corrected chi connectivity index (χ4v) is 3.02. The number of methoxy groups -OCH3 is 1. The van der Waals surface area contributed by atoms with Crippen molar-refractivity contribution >= 4 is 5.97 Å². The lowest BCUT2D eigenvalue weighted by Gasteiger charge is -2.30. The number of ether oxygens (including phenoxy) is 1. The van der Waals surface area contributed by atoms with Crippen LogP contribution in [0.1, 0.15) is 52.9 Å². The van der Waals surface area contributed by atoms with E-state index in [0.29, 0.717) is 5.92 Å². The number of nitrogens with one attached hydrogen (secondary N) is 1. The zero-order chi connectivity index (χ0) is 12.9. The van der Waals surface area contributed by atoms with Crippen LogP contribution in [0, 0.1) is 11.8 Å². The molecule has 0 radical (unpaired) electrons. The summed E-state index contributed by atoms with van der Waals surface area (Å²) < 4.78 is 5.00. The smallest absolute Gasteiger partial charge is 0.326 e. The third kappa shape index (κ3) is 3.44. The van der Waals surface area contributed by atoms with Gasteiger partial charge in [-0.3, -0.25) is 4.79 Å². The highest BCUT2D eigenvalue weighted by Gasteiger charge is 2.40. The highest BCUT2D eigenvalue weighted by atomic mass is 16.5. The van der Waals surface area contributed by atoms with E-state index in [1.165, 1.54) is 13.5 Å². The van der Waals surface area contributed by atoms with Crippen LogP contribution in [-0.2, 0) is 9.53 Å². The van der Waals surface area contributed by atoms with Crippen molar-refractivity contribution in [3.8, 4) is 0 Å². The van der Waals surface area contributed by atoms with Gasteiger partial charge in [0.25, 0.3) is 0 Å². The second-order valence-corrected chi connectivity index (χ2v) is 5.54. The van der Waals surface area contributed by atoms with Gasteiger partial charge in [0.05, 0.1) is 7.11 Å². The van der Waals surface area contributed by atoms with Crippen LogP contribution >= 0.6 is 0 Å². The van der Waals surface area contributed by atoms with Gasteiger partial charge >= 0.3 is 5.97 Å². The number of esters is 1. The zero-order valence-electron chi connectivity index (χ0n) is 11.7. The molecule has 0 heterocycles. The molecular formula is C14H27NO2. The minimum atomic E-state index is -0.423. The third-order valence-corrected chi connectivity index (χ3v) is 4.15. The number of hydrogen-bond acceptors (Lipinski definition) is 3. The van der Waals surface area contributed by atoms with Gasteiger partial charge < -0.3 is 10.1 Å². The fraction of sp³-hybridized carbons (Fsp3) is 0.929. The molecule has 1 saturated carbocycles. The molecular weight excluding hydrogens is 214 g/mol. The molecule has 0 aromatic heterocycles. The Hall–Kier alpha value is -0.570. The largest absolute Gasteiger partial charge is 0.468 e. The third-order valence-electron chi connectivity index (χ3n) is 4.15. The normalized spacial score (nSPS) is 30.1. The summed E-state index contributed by atoms with van der Waals surface area (Å²) in [6.45, 7) is 7.43. The van der Waals surface area contributed by atoms with Crippen LogP contribution in [0.4, 0.5) is 0 Å². The van der Waals surface area contributed by atoms with Crippen molar-refractivity contribution in [1.29, 1.82) is 0 Å². The molecule has 1 N–H and O–H groups in total. The highest BCUT2D eigenvalue weighted by molar-refractivity contribution is 5.80. The van der Waals surface area contributed by atoms with E-state index >= 15 is 0 Å². The summed E-state index contributed by atoms with van der Waals surface area (Å²) in [6, 6.07) is 0. The molecule has 3 heteroatoms. The molecule has 1 rings (SSSR count). The van der Waals surface area contributed by atoms with E-state index in [4.69, 9.17) is 4.74 Å². The topological polar surface area (TPSA) is 38.3 Å². The fourth-order valence-electron chi connectivity index (χ4n) is 3.02. The molecule has 1 aliphatic rings. The Labute approximate surface area is 105 Å². The molecule has 1 fully saturated rings. The Morgan fingerprint density at radius 2 is 2.12 bits per heavy atom. The van der Waals surface area contributed by atoms with Gasteiger partial charge in [-0.25, -0.2) is 0 Å². The standard InChI is InChI=1S/C14H27NO2/c1-5-15-14(13(16)17-4)9-6-7-12(8-10-14)11(2)3/h11-12,15H,5-10H2,1-4H3. The minimum absolute atomic E-state index is 0.0799. The van der Waals surface area contributed by atoms with Crippen molar-refractivity contribution in [3.63, 3.8) is 0 Å². The van der Waals surface area contributed by atoms with Crippen molar-refractivity contribution in [2.24, 2.45) is 11.8 Å². The number of carbonyl (C=O) groups is 1. The second-order valence-electron chi connectivity index (χ2n) is 5.54. The van der Waals surface area contributed by atoms with Gasteiger partial charge in [0.15, 0.2) is 0 Å². The van der Waals surface area contributed by atoms with Crippen molar-refractivity contribution < 1.29 is 9.53 Å². The Balaban J connectivity index is 2.75. The van der Waals surface area contributed by atoms with Crippen LogP contribution in [-0.4, -0.2) is 25.2 Å². The lowest BCUT2D eigenvalue weighted by atomic mass is 9.86. The number of carbonyl (C=O) groups excluding carboxylic acids is 1. The van der Waals surface area contributed by atoms with E-state index in [0.717, 1.165) is 38.1 Å². The average Bonchev–Trinajstić information content (AvgIpc) is 2.52. The SMILES string of the molecule is CCNC1(C(=O)OC)CCCC(C(C)C)CC1. The molecule has 0 spiro atoms. The van der Waals surface area contributed by atoms with E-state index < -0.39 is 5.54 Å². The van der Waals surface area contributed by atoms with Gasteiger partial charge in [-0.2, -0.15) is 0 Å². The first-order valence-corrected chi connectivity index (χ1v) is 6.89. The zero-order valence-corrected chi connectivity index (χ0v) is 11.7. The molecule has 2 unspecified atom stereocenters. The van der Waals surface area contributed by atoms with Crippen molar-refractivity contribution in [2.45, 2.75) is 58.4 Å². The predicted molar refractivity (Wildman–Crippen MR) is 69.8 cm³/mol. The molecule has 100 valence electrons. The van der Waals surface area contributed by atoms with Crippen LogP contribution < -0.4 is 5.32 Å². The molecule has 0 amide bonds. The first-order valence-electron chi connectivity index (χ1n) is 6.89. The van der Waals surface area contributed by atoms with Crippen LogP contribution in [0.3, 0.4) is 0 Å². The Bertz CT molecular complexity index is 253. The summed E-state index contributed by atoms with van der Waals surface area (Å²) >= 11 is 0. The number of likely N-dealkylation sites (N-methyl/N-ethyl adjacent to an activating group) is 1. The maximum absolute atomic E-state index is 12.0. The molecule has 3 nitrogen and oxygen atoms in total. The van der Waals surface area contributed by atoms with Crippen LogP contribution in [0.2, 0.25) is 0 Å². The van der Waals surface area contributed by atoms with Crippen molar-refractivity contribution in [1.82, 2.24) is 5.32 Å². The van der Waals surface area contributed by atoms with Gasteiger partial charge in [-0.15, -0.1) is 0 Å². The maximum Gasteiger partial charge on any atom is 0.326 e. The monoisotopic (exact) mass is 241 g/mol. The predicted octanol–water partition coefficient (Wildman–Crippen LogP) is 2.74. The van der Waals surface area contributed by atoms with Crippen LogP contribution in [0.25, 0.3) is 0 Å². The molecule has 17 heavy (non-hydrogen) atoms. The van der Waals surface area contributed by atoms with Gasteiger partial charge in [-0.05, 0) is 37.6 Å². The summed E-state index contributed by atoms with van der Waals surface area (Å²) in [6.07, 6.45) is 5.31. The van der Waals surface area contributed by atoms with Gasteiger partial charge in [-0.1, -0.05) is 33.6 Å². The quantitative estimate of drug-likeness (QED) is 0.607. The summed E-state index contributed by atoms with van der Waals surface area (Å²) in [5.41, 5.74) is -0.423. The minimum Gasteiger partial charge on any atom is -0.468 e. The number of rotatable bonds is 4. The van der Waals surface area contributed by atoms with E-state index in [2.05, 4.69) is 26.1 Å². The van der Waals surface area contributed by atoms with Gasteiger partial charge in [0.2, 0.25) is 0 Å². The molecule has 1 aliphatic carbocycles. The van der Waals surface area contributed by atoms with E-state index in [1.54, 1.807) is 0 Å². The van der Waals surface area contributed by atoms with Crippen molar-refractivity contribution in [2.75, 3.05) is 13.7 Å². The summed E-state index contributed by atoms with van der Waals surface area (Å²) in [5, 5.41) is 3.37. The molecule has 0 saturated heterocycles. The van der Waals surface area contributed by atoms with E-state index in [-0.39, 0.29) is 5.97 Å². The van der Waals surface area contributed by atoms with Crippen LogP contribution in [0.15, 0.2) is 0 Å². The van der Waals surface area contributed by atoms with E-state index in [9.17, 15) is 4.79 Å². The first-order chi connectivity index (χ1) is 8.05. The maximum atomic E-state index is 12.0. The molecule has 2 atom stereocenters. The van der Waals surface area contributed by atoms with Gasteiger partial charge in [0, 0.05) is 0 Å². The number of hydrogen-bond donors (Lipinski definition) is 1. The lowest BCUT2D eigenvalue weighted by molar-refractivity contribution is -0.149. The Morgan fingerprint density at radius 1 is 1.41 bits per heavy atom. The van der Waals surface area contributed by atoms with Crippen molar-refractivity contribution in [3.05, 3.63) is 0 Å². The summed E-state index contributed by atoms with van der Waals surface area (Å²) in [4.78, 5) is 12.0. The molecule has 0 bridgehead atoms. The molecule has 0 aromatic carbocycles. The Morgan fingerprint density at radius 3 is 2.65 bits per heavy atom. The summed E-state index contributed by atoms with van der Waals surface area (Å²) in [5.74, 6) is 1.38. The lowest BCUT2D eigenvalue weighted by Crippen LogP contribution is -2.52. The Kier molecular flexibility index (Phi) is 5.44. The first kappa shape index (κ1) is 14.5. The average molecular weight is 241 g/mol. The summed E-state index contributed by atoms with van der Waals surface area (Å²) in [7, 11) is 1.49. The second kappa shape index (κ2) is 6.39. The van der Waals surface area contributed by atoms with Gasteiger partial charge in [0.1, 0.15) is 5.54 Å². The molecule has 0 aliphatic heterocycles.